The summed E-state index contributed by atoms with van der Waals surface area (Å²) >= 11 is 0. The fourth-order valence-electron chi connectivity index (χ4n) is 10.8. The van der Waals surface area contributed by atoms with Crippen LogP contribution >= 0.6 is 0 Å². The van der Waals surface area contributed by atoms with Crippen LogP contribution in [0.3, 0.4) is 0 Å². The van der Waals surface area contributed by atoms with E-state index in [1.807, 2.05) is 102 Å². The van der Waals surface area contributed by atoms with Crippen molar-refractivity contribution < 1.29 is 0 Å². The Morgan fingerprint density at radius 1 is 0.275 bits per heavy atom. The van der Waals surface area contributed by atoms with Gasteiger partial charge in [-0.15, -0.1) is 0 Å². The quantitative estimate of drug-likeness (QED) is 0.146. The summed E-state index contributed by atoms with van der Waals surface area (Å²) in [6.07, 6.45) is 1.78. The molecule has 12 aromatic rings. The van der Waals surface area contributed by atoms with E-state index in [1.165, 1.54) is 0 Å². The number of benzene rings is 9. The van der Waals surface area contributed by atoms with E-state index < -0.39 is 0 Å². The zero-order chi connectivity index (χ0) is 55.2. The van der Waals surface area contributed by atoms with Gasteiger partial charge in [0.1, 0.15) is 5.82 Å². The Morgan fingerprint density at radius 2 is 0.600 bits per heavy atom. The summed E-state index contributed by atoms with van der Waals surface area (Å²) in [6.45, 7) is 0. The highest BCUT2D eigenvalue weighted by Gasteiger charge is 2.23. The highest BCUT2D eigenvalue weighted by atomic mass is 15.1. The van der Waals surface area contributed by atoms with Gasteiger partial charge in [-0.05, 0) is 141 Å². The van der Waals surface area contributed by atoms with Crippen molar-refractivity contribution in [2.24, 2.45) is 0 Å². The number of fused-ring (bicyclic) bond motifs is 6. The SMILES string of the molecule is N#Cc1cccc(-c2cc(-n3c4cc(-c5ccc(C#N)cc5C#N)ccc4c4ccc(-c5ccc(C#N)cc5C#N)cc43)ncc2-n2c3cc(-c4ccc(C#N)cc4C#N)ccc3c3ccc(-c4ccc(C#N)cc4C#N)cc32)c1. The van der Waals surface area contributed by atoms with Crippen LogP contribution < -0.4 is 0 Å². The lowest BCUT2D eigenvalue weighted by atomic mass is 9.96. The van der Waals surface area contributed by atoms with Gasteiger partial charge in [-0.25, -0.2) is 4.98 Å². The largest absolute Gasteiger partial charge is 0.307 e. The summed E-state index contributed by atoms with van der Waals surface area (Å²) < 4.78 is 4.11. The Bertz CT molecular complexity index is 4880. The van der Waals surface area contributed by atoms with Crippen LogP contribution in [0.5, 0.6) is 0 Å². The van der Waals surface area contributed by atoms with Crippen LogP contribution in [0.1, 0.15) is 50.1 Å². The van der Waals surface area contributed by atoms with Crippen molar-refractivity contribution in [3.63, 3.8) is 0 Å². The lowest BCUT2D eigenvalue weighted by Gasteiger charge is -2.17. The predicted octanol–water partition coefficient (Wildman–Crippen LogP) is 14.5. The Morgan fingerprint density at radius 3 is 0.938 bits per heavy atom. The molecule has 0 spiro atoms. The second-order valence-corrected chi connectivity index (χ2v) is 18.8. The van der Waals surface area contributed by atoms with E-state index in [9.17, 15) is 47.4 Å². The summed E-state index contributed by atoms with van der Waals surface area (Å²) in [6, 6.07) is 72.8. The molecule has 0 aliphatic heterocycles. The molecule has 9 aromatic carbocycles. The molecule has 12 rings (SSSR count). The molecule has 3 aromatic heterocycles. The van der Waals surface area contributed by atoms with Crippen molar-refractivity contribution in [3.8, 4) is 122 Å². The Hall–Kier alpha value is -12.9. The Kier molecular flexibility index (Phi) is 11.7. The standard InChI is InChI=1S/C68H30N12/c69-30-40-2-1-3-45(20-40)62-29-68(80-65-27-48(56-14-6-43(33-72)23-52(56)37-76)10-18-60(65)61-19-11-49(28-66(61)80)57-15-7-44(34-73)24-53(57)38-77)78-39-67(62)79-63-25-46(54-12-4-41(31-70)21-50(54)35-74)8-16-58(63)59-17-9-47(26-64(59)79)55-13-5-42(32-71)22-51(55)36-75/h1-29,39H. The molecule has 0 aliphatic carbocycles. The molecule has 0 bridgehead atoms. The summed E-state index contributed by atoms with van der Waals surface area (Å²) in [5, 5.41) is 94.1. The first kappa shape index (κ1) is 48.1. The molecule has 0 fully saturated rings. The van der Waals surface area contributed by atoms with E-state index in [-0.39, 0.29) is 0 Å². The van der Waals surface area contributed by atoms with Crippen molar-refractivity contribution >= 4 is 43.6 Å². The van der Waals surface area contributed by atoms with Crippen molar-refractivity contribution in [3.05, 3.63) is 232 Å². The van der Waals surface area contributed by atoms with Gasteiger partial charge in [0.2, 0.25) is 0 Å². The number of nitrogens with zero attached hydrogens (tertiary/aromatic N) is 12. The molecule has 0 saturated carbocycles. The third-order valence-electron chi connectivity index (χ3n) is 14.5. The first-order chi connectivity index (χ1) is 39.2. The Balaban J connectivity index is 1.18. The number of rotatable bonds is 7. The summed E-state index contributed by atoms with van der Waals surface area (Å²) in [5.41, 5.74) is 13.3. The summed E-state index contributed by atoms with van der Waals surface area (Å²) in [5.74, 6) is 0.468. The molecule has 80 heavy (non-hydrogen) atoms. The molecule has 12 nitrogen and oxygen atoms in total. The fraction of sp³-hybridized carbons (Fsp3) is 0. The Labute approximate surface area is 456 Å². The van der Waals surface area contributed by atoms with E-state index in [4.69, 9.17) is 4.98 Å². The average molecular weight is 1020 g/mol. The molecule has 0 atom stereocenters. The topological polar surface area (TPSA) is 237 Å². The van der Waals surface area contributed by atoms with Crippen LogP contribution in [0, 0.1) is 102 Å². The zero-order valence-electron chi connectivity index (χ0n) is 41.7. The fourth-order valence-corrected chi connectivity index (χ4v) is 10.8. The third-order valence-corrected chi connectivity index (χ3v) is 14.5. The second kappa shape index (κ2) is 19.4. The molecule has 0 radical (unpaired) electrons. The number of pyridine rings is 1. The maximum atomic E-state index is 10.4. The van der Waals surface area contributed by atoms with Gasteiger partial charge in [0, 0.05) is 27.1 Å². The van der Waals surface area contributed by atoms with Gasteiger partial charge in [0.25, 0.3) is 0 Å². The molecular weight excluding hydrogens is 985 g/mol. The minimum absolute atomic E-state index is 0.321. The van der Waals surface area contributed by atoms with Crippen molar-refractivity contribution in [2.75, 3.05) is 0 Å². The number of aromatic nitrogens is 3. The minimum atomic E-state index is 0.321. The highest BCUT2D eigenvalue weighted by Crippen LogP contribution is 2.43. The molecule has 0 unspecified atom stereocenters. The van der Waals surface area contributed by atoms with Gasteiger partial charge in [0.05, 0.1) is 139 Å². The van der Waals surface area contributed by atoms with E-state index in [2.05, 4.69) is 59.2 Å². The van der Waals surface area contributed by atoms with Crippen LogP contribution in [0.25, 0.3) is 111 Å². The summed E-state index contributed by atoms with van der Waals surface area (Å²) in [4.78, 5) is 5.34. The van der Waals surface area contributed by atoms with E-state index >= 15 is 0 Å². The van der Waals surface area contributed by atoms with Gasteiger partial charge < -0.3 is 4.57 Å². The van der Waals surface area contributed by atoms with Gasteiger partial charge in [-0.2, -0.15) is 47.4 Å². The molecule has 0 amide bonds. The average Bonchev–Trinajstić information content (AvgIpc) is 4.24. The highest BCUT2D eigenvalue weighted by molar-refractivity contribution is 6.13. The van der Waals surface area contributed by atoms with Crippen LogP contribution in [0.2, 0.25) is 0 Å². The van der Waals surface area contributed by atoms with Crippen molar-refractivity contribution in [1.29, 1.82) is 47.4 Å². The van der Waals surface area contributed by atoms with E-state index in [0.717, 1.165) is 43.6 Å². The minimum Gasteiger partial charge on any atom is -0.307 e. The molecule has 3 heterocycles. The maximum Gasteiger partial charge on any atom is 0.138 e. The lowest BCUT2D eigenvalue weighted by Crippen LogP contribution is -2.04. The van der Waals surface area contributed by atoms with Gasteiger partial charge in [-0.1, -0.05) is 84.9 Å². The van der Waals surface area contributed by atoms with E-state index in [0.29, 0.717) is 117 Å². The van der Waals surface area contributed by atoms with Crippen molar-refractivity contribution in [2.45, 2.75) is 0 Å². The smallest absolute Gasteiger partial charge is 0.138 e. The monoisotopic (exact) mass is 1010 g/mol. The molecule has 0 N–H and O–H groups in total. The van der Waals surface area contributed by atoms with Crippen LogP contribution in [0.4, 0.5) is 0 Å². The normalized spacial score (nSPS) is 10.6. The first-order valence-electron chi connectivity index (χ1n) is 24.7. The van der Waals surface area contributed by atoms with Crippen LogP contribution in [0.15, 0.2) is 182 Å². The maximum absolute atomic E-state index is 10.4. The molecule has 362 valence electrons. The van der Waals surface area contributed by atoms with Crippen LogP contribution in [-0.2, 0) is 0 Å². The molecule has 12 heteroatoms. The van der Waals surface area contributed by atoms with Crippen LogP contribution in [-0.4, -0.2) is 14.1 Å². The third kappa shape index (κ3) is 7.90. The zero-order valence-corrected chi connectivity index (χ0v) is 41.7. The molecule has 0 saturated heterocycles. The number of hydrogen-bond acceptors (Lipinski definition) is 10. The van der Waals surface area contributed by atoms with Crippen molar-refractivity contribution in [1.82, 2.24) is 14.1 Å². The second-order valence-electron chi connectivity index (χ2n) is 18.8. The number of nitriles is 9. The molecule has 0 aliphatic rings. The first-order valence-corrected chi connectivity index (χ1v) is 24.7. The van der Waals surface area contributed by atoms with Gasteiger partial charge in [-0.3, -0.25) is 4.57 Å². The van der Waals surface area contributed by atoms with Gasteiger partial charge in [0.15, 0.2) is 0 Å². The predicted molar refractivity (Wildman–Crippen MR) is 303 cm³/mol. The lowest BCUT2D eigenvalue weighted by molar-refractivity contribution is 1.06. The summed E-state index contributed by atoms with van der Waals surface area (Å²) in [7, 11) is 0. The number of hydrogen-bond donors (Lipinski definition) is 0. The van der Waals surface area contributed by atoms with E-state index in [1.54, 1.807) is 85.1 Å². The molecular formula is C68H30N12. The van der Waals surface area contributed by atoms with Gasteiger partial charge >= 0.3 is 0 Å².